The van der Waals surface area contributed by atoms with Crippen molar-refractivity contribution in [2.24, 2.45) is 0 Å². The van der Waals surface area contributed by atoms with Gasteiger partial charge in [-0.3, -0.25) is 9.89 Å². The molecule has 2 aromatic carbocycles. The number of benzene rings is 2. The first-order valence-electron chi connectivity index (χ1n) is 9.87. The Balaban J connectivity index is 1.57. The summed E-state index contributed by atoms with van der Waals surface area (Å²) in [5.74, 6) is 2.08. The van der Waals surface area contributed by atoms with Gasteiger partial charge in [-0.1, -0.05) is 12.1 Å². The number of aromatic amines is 1. The summed E-state index contributed by atoms with van der Waals surface area (Å²) >= 11 is 0. The lowest BCUT2D eigenvalue weighted by Gasteiger charge is -2.24. The van der Waals surface area contributed by atoms with Crippen LogP contribution in [0.25, 0.3) is 11.3 Å². The number of rotatable bonds is 6. The van der Waals surface area contributed by atoms with Crippen LogP contribution in [0, 0.1) is 0 Å². The van der Waals surface area contributed by atoms with E-state index < -0.39 is 0 Å². The summed E-state index contributed by atoms with van der Waals surface area (Å²) in [6.07, 6.45) is 1.90. The van der Waals surface area contributed by atoms with Crippen molar-refractivity contribution in [3.8, 4) is 28.5 Å². The Morgan fingerprint density at radius 2 is 1.73 bits per heavy atom. The molecule has 3 aromatic rings. The van der Waals surface area contributed by atoms with Crippen LogP contribution in [0.15, 0.2) is 48.5 Å². The molecule has 2 heterocycles. The fraction of sp³-hybridized carbons (Fsp3) is 0.304. The van der Waals surface area contributed by atoms with Crippen molar-refractivity contribution in [1.29, 1.82) is 0 Å². The lowest BCUT2D eigenvalue weighted by atomic mass is 10.0. The van der Waals surface area contributed by atoms with Gasteiger partial charge in [0.15, 0.2) is 0 Å². The van der Waals surface area contributed by atoms with Gasteiger partial charge in [-0.05, 0) is 48.7 Å². The highest BCUT2D eigenvalue weighted by Crippen LogP contribution is 2.35. The molecule has 4 rings (SSSR count). The van der Waals surface area contributed by atoms with Crippen molar-refractivity contribution in [3.63, 3.8) is 0 Å². The van der Waals surface area contributed by atoms with E-state index in [9.17, 15) is 4.79 Å². The van der Waals surface area contributed by atoms with Gasteiger partial charge in [-0.15, -0.1) is 0 Å². The quantitative estimate of drug-likeness (QED) is 0.666. The number of nitrogens with zero attached hydrogens (tertiary/aromatic N) is 2. The van der Waals surface area contributed by atoms with Gasteiger partial charge in [-0.25, -0.2) is 0 Å². The number of carbonyl (C=O) groups excluding carboxylic acids is 1. The zero-order valence-electron chi connectivity index (χ0n) is 17.3. The Morgan fingerprint density at radius 3 is 2.43 bits per heavy atom. The Bertz CT molecular complexity index is 1030. The molecule has 30 heavy (non-hydrogen) atoms. The van der Waals surface area contributed by atoms with E-state index in [1.165, 1.54) is 0 Å². The number of carbonyl (C=O) groups is 1. The average molecular weight is 407 g/mol. The van der Waals surface area contributed by atoms with Crippen LogP contribution in [0.2, 0.25) is 0 Å². The smallest absolute Gasteiger partial charge is 0.272 e. The Labute approximate surface area is 175 Å². The molecule has 1 aromatic heterocycles. The van der Waals surface area contributed by atoms with Crippen molar-refractivity contribution < 1.29 is 19.0 Å². The maximum atomic E-state index is 13.2. The van der Waals surface area contributed by atoms with Crippen LogP contribution >= 0.6 is 0 Å². The van der Waals surface area contributed by atoms with E-state index >= 15 is 0 Å². The number of nitrogens with one attached hydrogen (secondary N) is 1. The van der Waals surface area contributed by atoms with Gasteiger partial charge < -0.3 is 19.1 Å². The fourth-order valence-corrected chi connectivity index (χ4v) is 3.92. The molecule has 0 bridgehead atoms. The lowest BCUT2D eigenvalue weighted by Crippen LogP contribution is -2.30. The zero-order chi connectivity index (χ0) is 21.1. The number of amides is 1. The highest BCUT2D eigenvalue weighted by atomic mass is 16.5. The SMILES string of the molecule is COc1ccc(C2CCCN2C(=O)c2cc(-c3ccc(OC)cc3OC)n[nH]2)cc1. The molecule has 1 saturated heterocycles. The predicted octanol–water partition coefficient (Wildman–Crippen LogP) is 4.08. The third-order valence-corrected chi connectivity index (χ3v) is 5.51. The molecule has 1 aliphatic rings. The molecule has 0 radical (unpaired) electrons. The van der Waals surface area contributed by atoms with Crippen LogP contribution in [0.5, 0.6) is 17.2 Å². The topological polar surface area (TPSA) is 76.7 Å². The van der Waals surface area contributed by atoms with Crippen LogP contribution in [0.3, 0.4) is 0 Å². The monoisotopic (exact) mass is 407 g/mol. The first-order valence-corrected chi connectivity index (χ1v) is 9.87. The minimum Gasteiger partial charge on any atom is -0.497 e. The molecule has 1 amide bonds. The van der Waals surface area contributed by atoms with E-state index in [2.05, 4.69) is 10.2 Å². The third-order valence-electron chi connectivity index (χ3n) is 5.51. The molecule has 7 nitrogen and oxygen atoms in total. The summed E-state index contributed by atoms with van der Waals surface area (Å²) in [6, 6.07) is 15.2. The number of aromatic nitrogens is 2. The largest absolute Gasteiger partial charge is 0.497 e. The summed E-state index contributed by atoms with van der Waals surface area (Å²) in [4.78, 5) is 15.1. The molecule has 1 atom stereocenters. The number of ether oxygens (including phenoxy) is 3. The standard InChI is InChI=1S/C23H25N3O4/c1-28-16-8-6-15(7-9-16)21-5-4-12-26(21)23(27)20-14-19(24-25-20)18-11-10-17(29-2)13-22(18)30-3/h6-11,13-14,21H,4-5,12H2,1-3H3,(H,24,25). The molecule has 1 aliphatic heterocycles. The molecule has 7 heteroatoms. The Kier molecular flexibility index (Phi) is 5.61. The van der Waals surface area contributed by atoms with Crippen LogP contribution in [-0.4, -0.2) is 48.9 Å². The molecule has 1 fully saturated rings. The summed E-state index contributed by atoms with van der Waals surface area (Å²) in [6.45, 7) is 0.718. The number of methoxy groups -OCH3 is 3. The molecule has 156 valence electrons. The minimum absolute atomic E-state index is 0.0469. The van der Waals surface area contributed by atoms with E-state index in [4.69, 9.17) is 14.2 Å². The number of likely N-dealkylation sites (tertiary alicyclic amines) is 1. The van der Waals surface area contributed by atoms with Gasteiger partial charge >= 0.3 is 0 Å². The zero-order valence-corrected chi connectivity index (χ0v) is 17.3. The minimum atomic E-state index is -0.0560. The van der Waals surface area contributed by atoms with E-state index in [1.807, 2.05) is 41.3 Å². The first-order chi connectivity index (χ1) is 14.6. The summed E-state index contributed by atoms with van der Waals surface area (Å²) in [7, 11) is 4.85. The van der Waals surface area contributed by atoms with Crippen LogP contribution in [0.4, 0.5) is 0 Å². The van der Waals surface area contributed by atoms with Gasteiger partial charge in [0.05, 0.1) is 33.1 Å². The van der Waals surface area contributed by atoms with Crippen LogP contribution < -0.4 is 14.2 Å². The Hall–Kier alpha value is -3.48. The lowest BCUT2D eigenvalue weighted by molar-refractivity contribution is 0.0729. The van der Waals surface area contributed by atoms with E-state index in [-0.39, 0.29) is 11.9 Å². The van der Waals surface area contributed by atoms with Gasteiger partial charge in [0.1, 0.15) is 22.9 Å². The van der Waals surface area contributed by atoms with Crippen molar-refractivity contribution in [1.82, 2.24) is 15.1 Å². The molecule has 0 aliphatic carbocycles. The predicted molar refractivity (Wildman–Crippen MR) is 113 cm³/mol. The van der Waals surface area contributed by atoms with Crippen molar-refractivity contribution in [2.75, 3.05) is 27.9 Å². The number of hydrogen-bond donors (Lipinski definition) is 1. The second-order valence-corrected chi connectivity index (χ2v) is 7.16. The normalized spacial score (nSPS) is 15.8. The maximum Gasteiger partial charge on any atom is 0.272 e. The second-order valence-electron chi connectivity index (χ2n) is 7.16. The summed E-state index contributed by atoms with van der Waals surface area (Å²) in [5.41, 5.74) is 3.02. The highest BCUT2D eigenvalue weighted by molar-refractivity contribution is 5.94. The van der Waals surface area contributed by atoms with Gasteiger partial charge in [0.2, 0.25) is 0 Å². The van der Waals surface area contributed by atoms with Crippen molar-refractivity contribution in [2.45, 2.75) is 18.9 Å². The van der Waals surface area contributed by atoms with Crippen molar-refractivity contribution in [3.05, 3.63) is 59.8 Å². The van der Waals surface area contributed by atoms with Gasteiger partial charge in [0, 0.05) is 18.2 Å². The second kappa shape index (κ2) is 8.49. The van der Waals surface area contributed by atoms with Gasteiger partial charge in [0.25, 0.3) is 5.91 Å². The number of H-pyrrole nitrogens is 1. The van der Waals surface area contributed by atoms with E-state index in [0.29, 0.717) is 22.9 Å². The molecular formula is C23H25N3O4. The highest BCUT2D eigenvalue weighted by Gasteiger charge is 2.31. The summed E-state index contributed by atoms with van der Waals surface area (Å²) in [5, 5.41) is 7.26. The van der Waals surface area contributed by atoms with Crippen molar-refractivity contribution >= 4 is 5.91 Å². The molecule has 1 unspecified atom stereocenters. The first kappa shape index (κ1) is 19.8. The van der Waals surface area contributed by atoms with E-state index in [1.54, 1.807) is 33.5 Å². The molecule has 0 spiro atoms. The third kappa shape index (κ3) is 3.70. The van der Waals surface area contributed by atoms with Crippen LogP contribution in [-0.2, 0) is 0 Å². The van der Waals surface area contributed by atoms with Gasteiger partial charge in [-0.2, -0.15) is 5.10 Å². The molecular weight excluding hydrogens is 382 g/mol. The molecule has 1 N–H and O–H groups in total. The maximum absolute atomic E-state index is 13.2. The molecule has 0 saturated carbocycles. The number of hydrogen-bond acceptors (Lipinski definition) is 5. The average Bonchev–Trinajstić information content (AvgIpc) is 3.48. The Morgan fingerprint density at radius 1 is 1.00 bits per heavy atom. The van der Waals surface area contributed by atoms with E-state index in [0.717, 1.165) is 36.3 Å². The summed E-state index contributed by atoms with van der Waals surface area (Å²) < 4.78 is 16.0. The fourth-order valence-electron chi connectivity index (χ4n) is 3.92. The van der Waals surface area contributed by atoms with Crippen LogP contribution in [0.1, 0.15) is 34.9 Å².